The van der Waals surface area contributed by atoms with E-state index in [0.717, 1.165) is 29.7 Å². The molecular formula is C59H89N19O13S. The Balaban J connectivity index is 1.02. The van der Waals surface area contributed by atoms with Crippen molar-refractivity contribution in [2.75, 3.05) is 45.9 Å². The van der Waals surface area contributed by atoms with Crippen LogP contribution in [0, 0.1) is 5.92 Å². The number of guanidine groups is 3. The minimum atomic E-state index is -1.66. The standard InChI is InChI=1S/C59H89N19O13S/c60-37(14-5-19-67-57(61)62)48(82)72-38(15-6-20-68-58(63)64)52(86)75-22-8-18-43(75)54(88)77-30-35(80)26-44(77)50(84)70-28-47(81)71-40(27-36-13-9-23-92-36)49(83)74-41(31-79)53(87)76-29-34-12-2-1-10-32(34)24-46(76)55(89)78-42-17-4-3-11-33(42)25-45(78)51(85)73-39(56(90)91)16-7-21-69-59(65)66/h1-2,9-10,12-13,23,33,35,37-46,79-80H,3-8,11,14-22,24-31,60H2,(H,70,84)(H,71,81)(H,72,82)(H,73,85)(H,74,83)(H,90,91)(H4,61,62,67)(H4,63,64,68)(H4,65,66,69)/t33-,35?,37+,38-,39-,40-,41?,42-,43?,44?,45?,46?/m0/s1. The highest BCUT2D eigenvalue weighted by Crippen LogP contribution is 2.41. The lowest BCUT2D eigenvalue weighted by Crippen LogP contribution is -2.63. The number of carbonyl (C=O) groups is 10. The zero-order chi connectivity index (χ0) is 66.8. The predicted octanol–water partition coefficient (Wildman–Crippen LogP) is -5.02. The number of amides is 9. The second-order valence-electron chi connectivity index (χ2n) is 23.9. The molecule has 33 heteroatoms. The van der Waals surface area contributed by atoms with Gasteiger partial charge < -0.3 is 102 Å². The molecule has 0 bridgehead atoms. The number of nitrogens with zero attached hydrogens (tertiary/aromatic N) is 7. The smallest absolute Gasteiger partial charge is 0.326 e. The lowest BCUT2D eigenvalue weighted by Gasteiger charge is -2.42. The van der Waals surface area contributed by atoms with Crippen LogP contribution >= 0.6 is 11.3 Å². The number of likely N-dealkylation sites (tertiary alicyclic amines) is 3. The molecule has 7 rings (SSSR count). The molecule has 22 N–H and O–H groups in total. The lowest BCUT2D eigenvalue weighted by molar-refractivity contribution is -0.153. The minimum absolute atomic E-state index is 0.00000960. The molecule has 1 saturated carbocycles. The summed E-state index contributed by atoms with van der Waals surface area (Å²) in [7, 11) is 0. The van der Waals surface area contributed by atoms with Crippen LogP contribution in [0.15, 0.2) is 56.8 Å². The van der Waals surface area contributed by atoms with Crippen molar-refractivity contribution in [3.8, 4) is 0 Å². The number of nitrogens with two attached hydrogens (primary N) is 7. The average Bonchev–Trinajstić information content (AvgIpc) is 1.48. The van der Waals surface area contributed by atoms with E-state index < -0.39 is 139 Å². The molecule has 1 aromatic carbocycles. The molecule has 92 heavy (non-hydrogen) atoms. The second kappa shape index (κ2) is 33.6. The van der Waals surface area contributed by atoms with E-state index in [0.29, 0.717) is 29.7 Å². The Kier molecular flexibility index (Phi) is 25.8. The number of rotatable bonds is 30. The molecule has 12 atom stereocenters. The third kappa shape index (κ3) is 19.0. The van der Waals surface area contributed by atoms with Gasteiger partial charge in [0.15, 0.2) is 17.9 Å². The number of aliphatic imine (C=N–C) groups is 3. The molecule has 9 amide bonds. The van der Waals surface area contributed by atoms with Crippen molar-refractivity contribution in [2.24, 2.45) is 61.0 Å². The number of nitrogens with one attached hydrogen (secondary N) is 5. The molecule has 0 radical (unpaired) electrons. The number of fused-ring (bicyclic) bond motifs is 2. The summed E-state index contributed by atoms with van der Waals surface area (Å²) < 4.78 is 0. The van der Waals surface area contributed by atoms with Gasteiger partial charge in [0.1, 0.15) is 48.3 Å². The summed E-state index contributed by atoms with van der Waals surface area (Å²) in [6.07, 6.45) is 3.42. The van der Waals surface area contributed by atoms with Crippen LogP contribution in [0.2, 0.25) is 0 Å². The molecule has 5 aliphatic rings. The van der Waals surface area contributed by atoms with Crippen molar-refractivity contribution in [1.82, 2.24) is 46.2 Å². The maximum absolute atomic E-state index is 15.3. The maximum atomic E-state index is 15.3. The van der Waals surface area contributed by atoms with Crippen LogP contribution in [0.1, 0.15) is 106 Å². The van der Waals surface area contributed by atoms with Crippen molar-refractivity contribution in [1.29, 1.82) is 0 Å². The summed E-state index contributed by atoms with van der Waals surface area (Å²) in [6.45, 7) is -1.46. The molecule has 2 aromatic rings. The van der Waals surface area contributed by atoms with Crippen LogP contribution in [-0.2, 0) is 67.3 Å². The zero-order valence-electron chi connectivity index (χ0n) is 51.4. The fraction of sp³-hybridized carbons (Fsp3) is 0.610. The van der Waals surface area contributed by atoms with Crippen LogP contribution in [0.5, 0.6) is 0 Å². The summed E-state index contributed by atoms with van der Waals surface area (Å²) in [6, 6.07) is -1.07. The summed E-state index contributed by atoms with van der Waals surface area (Å²) in [5.41, 5.74) is 40.3. The van der Waals surface area contributed by atoms with E-state index in [1.165, 1.54) is 26.0 Å². The summed E-state index contributed by atoms with van der Waals surface area (Å²) >= 11 is 1.27. The zero-order valence-corrected chi connectivity index (χ0v) is 52.3. The fourth-order valence-corrected chi connectivity index (χ4v) is 13.6. The monoisotopic (exact) mass is 1300 g/mol. The fourth-order valence-electron chi connectivity index (χ4n) is 12.9. The lowest BCUT2D eigenvalue weighted by atomic mass is 9.84. The first-order valence-electron chi connectivity index (χ1n) is 31.2. The normalized spacial score (nSPS) is 22.4. The van der Waals surface area contributed by atoms with Gasteiger partial charge in [0.05, 0.1) is 25.3 Å². The van der Waals surface area contributed by atoms with Gasteiger partial charge in [-0.2, -0.15) is 0 Å². The molecular weight excluding hydrogens is 1210 g/mol. The van der Waals surface area contributed by atoms with Gasteiger partial charge in [0, 0.05) is 69.4 Å². The number of carboxylic acid groups (broad SMARTS) is 1. The van der Waals surface area contributed by atoms with Crippen molar-refractivity contribution < 1.29 is 63.3 Å². The first kappa shape index (κ1) is 70.8. The van der Waals surface area contributed by atoms with Gasteiger partial charge in [-0.25, -0.2) is 4.79 Å². The van der Waals surface area contributed by atoms with Gasteiger partial charge in [0.2, 0.25) is 53.2 Å². The van der Waals surface area contributed by atoms with Gasteiger partial charge in [0.25, 0.3) is 0 Å². The molecule has 4 aliphatic heterocycles. The van der Waals surface area contributed by atoms with Crippen molar-refractivity contribution in [3.05, 3.63) is 57.8 Å². The molecule has 1 aliphatic carbocycles. The van der Waals surface area contributed by atoms with Crippen LogP contribution in [0.25, 0.3) is 0 Å². The molecule has 3 saturated heterocycles. The Morgan fingerprint density at radius 2 is 1.25 bits per heavy atom. The molecule has 0 spiro atoms. The largest absolute Gasteiger partial charge is 0.480 e. The van der Waals surface area contributed by atoms with Gasteiger partial charge in [-0.3, -0.25) is 58.1 Å². The van der Waals surface area contributed by atoms with Crippen molar-refractivity contribution in [2.45, 2.75) is 176 Å². The summed E-state index contributed by atoms with van der Waals surface area (Å²) in [4.78, 5) is 159. The van der Waals surface area contributed by atoms with E-state index in [1.807, 2.05) is 6.07 Å². The SMILES string of the molecule is NC(N)=NCCC[C@@H](N)C(=O)N[C@@H](CCCN=C(N)N)C(=O)N1CCCC1C(=O)N1CC(O)CC1C(=O)NCC(=O)N[C@@H](Cc1cccs1)C(=O)NC(CO)C(=O)N1Cc2ccccc2CC1C(=O)N1C(C(=O)N[C@@H](CCCN=C(N)N)C(=O)O)C[C@@H]2CCCC[C@@H]21. The Morgan fingerprint density at radius 1 is 0.620 bits per heavy atom. The van der Waals surface area contributed by atoms with Crippen LogP contribution in [0.3, 0.4) is 0 Å². The number of benzene rings is 1. The first-order chi connectivity index (χ1) is 43.9. The highest BCUT2D eigenvalue weighted by Gasteiger charge is 2.52. The van der Waals surface area contributed by atoms with Crippen molar-refractivity contribution >= 4 is 88.3 Å². The van der Waals surface area contributed by atoms with E-state index in [9.17, 15) is 58.5 Å². The number of hydrogen-bond donors (Lipinski definition) is 15. The van der Waals surface area contributed by atoms with Crippen LogP contribution in [0.4, 0.5) is 0 Å². The number of thiophene rings is 1. The highest BCUT2D eigenvalue weighted by atomic mass is 32.1. The Labute approximate surface area is 536 Å². The van der Waals surface area contributed by atoms with Gasteiger partial charge in [-0.15, -0.1) is 11.3 Å². The Morgan fingerprint density at radius 3 is 1.89 bits per heavy atom. The molecule has 504 valence electrons. The number of carbonyl (C=O) groups excluding carboxylic acids is 9. The van der Waals surface area contributed by atoms with Crippen molar-refractivity contribution in [3.63, 3.8) is 0 Å². The van der Waals surface area contributed by atoms with Crippen LogP contribution in [-0.4, -0.2) is 224 Å². The second-order valence-corrected chi connectivity index (χ2v) is 25.0. The topological polar surface area (TPSA) is 524 Å². The Bertz CT molecular complexity index is 3050. The van der Waals surface area contributed by atoms with E-state index in [-0.39, 0.29) is 127 Å². The quantitative estimate of drug-likeness (QED) is 0.0198. The van der Waals surface area contributed by atoms with Crippen LogP contribution < -0.4 is 66.7 Å². The maximum Gasteiger partial charge on any atom is 0.326 e. The van der Waals surface area contributed by atoms with E-state index in [2.05, 4.69) is 41.6 Å². The number of hydrogen-bond acceptors (Lipinski definition) is 17. The van der Waals surface area contributed by atoms with E-state index in [1.54, 1.807) is 35.7 Å². The Hall–Kier alpha value is -8.69. The van der Waals surface area contributed by atoms with E-state index in [4.69, 9.17) is 40.1 Å². The molecule has 1 aromatic heterocycles. The number of β-amino-alcohol motifs (C(OH)–C–C–N with tert-alkyl or cyclic N) is 1. The number of carboxylic acids is 1. The van der Waals surface area contributed by atoms with Gasteiger partial charge >= 0.3 is 5.97 Å². The predicted molar refractivity (Wildman–Crippen MR) is 338 cm³/mol. The summed E-state index contributed by atoms with van der Waals surface area (Å²) in [5.74, 6) is -8.33. The van der Waals surface area contributed by atoms with Gasteiger partial charge in [-0.1, -0.05) is 43.2 Å². The third-order valence-corrected chi connectivity index (χ3v) is 18.3. The van der Waals surface area contributed by atoms with E-state index >= 15 is 4.79 Å². The number of aliphatic hydroxyl groups is 2. The first-order valence-corrected chi connectivity index (χ1v) is 32.1. The molecule has 6 unspecified atom stereocenters. The number of aliphatic carboxylic acids is 1. The molecule has 5 heterocycles. The summed E-state index contributed by atoms with van der Waals surface area (Å²) in [5, 5.41) is 46.8. The third-order valence-electron chi connectivity index (χ3n) is 17.4. The minimum Gasteiger partial charge on any atom is -0.480 e. The molecule has 32 nitrogen and oxygen atoms in total. The average molecular weight is 1300 g/mol. The number of aliphatic hydroxyl groups excluding tert-OH is 2. The molecule has 4 fully saturated rings. The van der Waals surface area contributed by atoms with Gasteiger partial charge in [-0.05, 0) is 99.1 Å². The highest BCUT2D eigenvalue weighted by molar-refractivity contribution is 7.09.